The predicted molar refractivity (Wildman–Crippen MR) is 40.0 cm³/mol. The molecule has 4 nitrogen and oxygen atoms in total. The minimum Gasteiger partial charge on any atom is -0.875 e. The van der Waals surface area contributed by atoms with Crippen LogP contribution in [-0.4, -0.2) is 18.4 Å². The summed E-state index contributed by atoms with van der Waals surface area (Å²) in [7, 11) is 0. The number of esters is 1. The van der Waals surface area contributed by atoms with Crippen molar-refractivity contribution in [2.75, 3.05) is 6.61 Å². The van der Waals surface area contributed by atoms with Gasteiger partial charge in [0.15, 0.2) is 0 Å². The van der Waals surface area contributed by atoms with Gasteiger partial charge in [-0.1, -0.05) is 6.92 Å². The van der Waals surface area contributed by atoms with E-state index in [0.29, 0.717) is 0 Å². The summed E-state index contributed by atoms with van der Waals surface area (Å²) in [6, 6.07) is 0. The number of rotatable bonds is 4. The van der Waals surface area contributed by atoms with Crippen molar-refractivity contribution in [3.63, 3.8) is 0 Å². The summed E-state index contributed by atoms with van der Waals surface area (Å²) in [5.41, 5.74) is 0. The smallest absolute Gasteiger partial charge is 0.875 e. The number of hydrogen-bond acceptors (Lipinski definition) is 4. The van der Waals surface area contributed by atoms with E-state index < -0.39 is 11.8 Å². The van der Waals surface area contributed by atoms with Crippen molar-refractivity contribution in [2.45, 2.75) is 20.3 Å². The van der Waals surface area contributed by atoms with Crippen LogP contribution in [0.25, 0.3) is 0 Å². The quantitative estimate of drug-likeness (QED) is 0.155. The molecule has 0 saturated carbocycles. The minimum atomic E-state index is -0.973. The van der Waals surface area contributed by atoms with E-state index in [2.05, 4.69) is 4.74 Å². The van der Waals surface area contributed by atoms with E-state index in [0.717, 1.165) is 6.08 Å². The van der Waals surface area contributed by atoms with Crippen LogP contribution < -0.4 is 34.7 Å². The first-order valence-electron chi connectivity index (χ1n) is 3.70. The molecule has 68 valence electrons. The van der Waals surface area contributed by atoms with Crippen LogP contribution in [0.15, 0.2) is 11.8 Å². The summed E-state index contributed by atoms with van der Waals surface area (Å²) in [4.78, 5) is 21.4. The van der Waals surface area contributed by atoms with Crippen LogP contribution in [0, 0.1) is 0 Å². The summed E-state index contributed by atoms with van der Waals surface area (Å²) in [5.74, 6) is -2.23. The molecular formula is C8H11NaO4. The Balaban J connectivity index is 0. The standard InChI is InChI=1S/C8H12O4.Na/c1-3-6(9)5-7(10)8(11)12-4-2;/h5,9H,3-4H2,1-2H3;/q;+1/p-1/b6-5-;. The molecule has 0 N–H and O–H groups in total. The third kappa shape index (κ3) is 6.81. The van der Waals surface area contributed by atoms with Gasteiger partial charge in [0.2, 0.25) is 0 Å². The van der Waals surface area contributed by atoms with Crippen LogP contribution >= 0.6 is 0 Å². The Morgan fingerprint density at radius 1 is 1.38 bits per heavy atom. The number of hydrogen-bond donors (Lipinski definition) is 0. The van der Waals surface area contributed by atoms with Crippen molar-refractivity contribution in [2.24, 2.45) is 0 Å². The third-order valence-electron chi connectivity index (χ3n) is 1.12. The number of carbonyl (C=O) groups excluding carboxylic acids is 2. The molecule has 0 amide bonds. The Bertz CT molecular complexity index is 210. The average molecular weight is 194 g/mol. The molecule has 0 aliphatic heterocycles. The van der Waals surface area contributed by atoms with Gasteiger partial charge in [-0.25, -0.2) is 4.79 Å². The van der Waals surface area contributed by atoms with E-state index in [1.165, 1.54) is 0 Å². The molecule has 0 aromatic carbocycles. The number of ketones is 1. The first-order valence-corrected chi connectivity index (χ1v) is 3.70. The Labute approximate surface area is 99.2 Å². The Kier molecular flexibility index (Phi) is 9.67. The number of allylic oxidation sites excluding steroid dienone is 1. The molecule has 5 heteroatoms. The van der Waals surface area contributed by atoms with Crippen LogP contribution in [-0.2, 0) is 14.3 Å². The van der Waals surface area contributed by atoms with Gasteiger partial charge < -0.3 is 9.84 Å². The first kappa shape index (κ1) is 15.2. The molecule has 0 spiro atoms. The summed E-state index contributed by atoms with van der Waals surface area (Å²) in [6.07, 6.45) is 0.975. The molecule has 0 aromatic rings. The van der Waals surface area contributed by atoms with Crippen molar-refractivity contribution in [3.05, 3.63) is 11.8 Å². The number of carbonyl (C=O) groups is 2. The van der Waals surface area contributed by atoms with Crippen molar-refractivity contribution in [1.29, 1.82) is 0 Å². The first-order chi connectivity index (χ1) is 5.61. The van der Waals surface area contributed by atoms with Gasteiger partial charge in [-0.3, -0.25) is 4.79 Å². The summed E-state index contributed by atoms with van der Waals surface area (Å²) in [6.45, 7) is 3.34. The Morgan fingerprint density at radius 3 is 2.31 bits per heavy atom. The van der Waals surface area contributed by atoms with E-state index in [1.807, 2.05) is 0 Å². The van der Waals surface area contributed by atoms with Gasteiger partial charge in [-0.2, -0.15) is 0 Å². The van der Waals surface area contributed by atoms with Crippen LogP contribution in [0.1, 0.15) is 20.3 Å². The Morgan fingerprint density at radius 2 is 1.92 bits per heavy atom. The van der Waals surface area contributed by atoms with E-state index in [-0.39, 0.29) is 48.3 Å². The van der Waals surface area contributed by atoms with E-state index in [4.69, 9.17) is 0 Å². The summed E-state index contributed by atoms with van der Waals surface area (Å²) in [5, 5.41) is 10.6. The molecule has 0 heterocycles. The zero-order chi connectivity index (χ0) is 9.56. The van der Waals surface area contributed by atoms with E-state index >= 15 is 0 Å². The van der Waals surface area contributed by atoms with Gasteiger partial charge in [0, 0.05) is 0 Å². The van der Waals surface area contributed by atoms with Crippen LogP contribution in [0.5, 0.6) is 0 Å². The molecule has 0 aliphatic carbocycles. The van der Waals surface area contributed by atoms with Gasteiger partial charge in [0.05, 0.1) is 6.61 Å². The van der Waals surface area contributed by atoms with Crippen molar-refractivity contribution < 1.29 is 49.0 Å². The zero-order valence-electron chi connectivity index (χ0n) is 8.12. The maximum atomic E-state index is 10.8. The fourth-order valence-electron chi connectivity index (χ4n) is 0.509. The minimum absolute atomic E-state index is 0. The molecule has 0 aromatic heterocycles. The van der Waals surface area contributed by atoms with Gasteiger partial charge in [-0.05, 0) is 19.4 Å². The molecule has 0 unspecified atom stereocenters. The summed E-state index contributed by atoms with van der Waals surface area (Å²) < 4.78 is 4.38. The second kappa shape index (κ2) is 8.29. The Hall–Kier alpha value is -0.320. The normalized spacial score (nSPS) is 10.2. The molecular weight excluding hydrogens is 183 g/mol. The molecule has 0 saturated heterocycles. The molecule has 0 radical (unpaired) electrons. The largest absolute Gasteiger partial charge is 1.00 e. The van der Waals surface area contributed by atoms with Crippen molar-refractivity contribution in [1.82, 2.24) is 0 Å². The van der Waals surface area contributed by atoms with Crippen LogP contribution in [0.3, 0.4) is 0 Å². The topological polar surface area (TPSA) is 66.4 Å². The zero-order valence-corrected chi connectivity index (χ0v) is 10.1. The predicted octanol–water partition coefficient (Wildman–Crippen LogP) is -3.22. The second-order valence-corrected chi connectivity index (χ2v) is 2.05. The summed E-state index contributed by atoms with van der Waals surface area (Å²) >= 11 is 0. The fraction of sp³-hybridized carbons (Fsp3) is 0.500. The van der Waals surface area contributed by atoms with Gasteiger partial charge in [0.25, 0.3) is 5.78 Å². The van der Waals surface area contributed by atoms with Gasteiger partial charge in [-0.15, -0.1) is 5.76 Å². The van der Waals surface area contributed by atoms with Gasteiger partial charge in [0.1, 0.15) is 0 Å². The second-order valence-electron chi connectivity index (χ2n) is 2.05. The average Bonchev–Trinajstić information content (AvgIpc) is 2.04. The fourth-order valence-corrected chi connectivity index (χ4v) is 0.509. The van der Waals surface area contributed by atoms with Crippen LogP contribution in [0.4, 0.5) is 0 Å². The maximum absolute atomic E-state index is 10.8. The van der Waals surface area contributed by atoms with Crippen LogP contribution in [0.2, 0.25) is 0 Å². The van der Waals surface area contributed by atoms with Crippen molar-refractivity contribution in [3.8, 4) is 0 Å². The number of ether oxygens (including phenoxy) is 1. The van der Waals surface area contributed by atoms with E-state index in [9.17, 15) is 14.7 Å². The molecule has 0 aliphatic rings. The van der Waals surface area contributed by atoms with Gasteiger partial charge >= 0.3 is 35.5 Å². The SMILES string of the molecule is CCOC(=O)C(=O)/C=C(\[O-])CC.[Na+]. The molecule has 0 bridgehead atoms. The van der Waals surface area contributed by atoms with Crippen molar-refractivity contribution >= 4 is 11.8 Å². The third-order valence-corrected chi connectivity index (χ3v) is 1.12. The molecule has 0 rings (SSSR count). The monoisotopic (exact) mass is 194 g/mol. The molecule has 0 atom stereocenters. The maximum Gasteiger partial charge on any atom is 1.00 e. The van der Waals surface area contributed by atoms with E-state index in [1.54, 1.807) is 13.8 Å². The molecule has 0 fully saturated rings. The molecule has 13 heavy (non-hydrogen) atoms.